The second-order valence-electron chi connectivity index (χ2n) is 5.78. The molecule has 0 radical (unpaired) electrons. The zero-order valence-electron chi connectivity index (χ0n) is 13.1. The van der Waals surface area contributed by atoms with E-state index in [1.54, 1.807) is 0 Å². The van der Waals surface area contributed by atoms with E-state index in [2.05, 4.69) is 43.5 Å². The quantitative estimate of drug-likeness (QED) is 0.765. The molecule has 2 unspecified atom stereocenters. The Morgan fingerprint density at radius 3 is 2.35 bits per heavy atom. The Bertz CT molecular complexity index is 389. The molecule has 0 aliphatic heterocycles. The van der Waals surface area contributed by atoms with Gasteiger partial charge < -0.3 is 5.32 Å². The lowest BCUT2D eigenvalue weighted by atomic mass is 10.0. The normalized spacial score (nSPS) is 14.1. The Balaban J connectivity index is 2.59. The summed E-state index contributed by atoms with van der Waals surface area (Å²) in [6.45, 7) is 9.03. The van der Waals surface area contributed by atoms with Gasteiger partial charge >= 0.3 is 0 Å². The predicted molar refractivity (Wildman–Crippen MR) is 84.5 cm³/mol. The summed E-state index contributed by atoms with van der Waals surface area (Å²) in [6.07, 6.45) is 2.12. The first-order valence-corrected chi connectivity index (χ1v) is 7.63. The van der Waals surface area contributed by atoms with Crippen LogP contribution in [0.15, 0.2) is 30.3 Å². The molecule has 1 amide bonds. The number of carbonyl (C=O) groups excluding carboxylic acids is 1. The van der Waals surface area contributed by atoms with Crippen molar-refractivity contribution in [2.45, 2.75) is 52.6 Å². The monoisotopic (exact) mass is 276 g/mol. The van der Waals surface area contributed by atoms with Gasteiger partial charge in [0.15, 0.2) is 0 Å². The van der Waals surface area contributed by atoms with Crippen molar-refractivity contribution in [3.8, 4) is 0 Å². The molecule has 0 aliphatic rings. The van der Waals surface area contributed by atoms with Gasteiger partial charge in [0.2, 0.25) is 5.91 Å². The Morgan fingerprint density at radius 1 is 1.15 bits per heavy atom. The smallest absolute Gasteiger partial charge is 0.236 e. The summed E-state index contributed by atoms with van der Waals surface area (Å²) in [7, 11) is 0. The molecule has 0 aliphatic carbocycles. The maximum Gasteiger partial charge on any atom is 0.236 e. The first kappa shape index (κ1) is 16.7. The highest BCUT2D eigenvalue weighted by Crippen LogP contribution is 2.18. The van der Waals surface area contributed by atoms with E-state index in [1.165, 1.54) is 5.56 Å². The van der Waals surface area contributed by atoms with Crippen molar-refractivity contribution in [3.63, 3.8) is 0 Å². The van der Waals surface area contributed by atoms with Crippen LogP contribution < -0.4 is 10.6 Å². The van der Waals surface area contributed by atoms with E-state index in [0.29, 0.717) is 5.92 Å². The molecule has 0 fully saturated rings. The molecule has 2 N–H and O–H groups in total. The average molecular weight is 276 g/mol. The van der Waals surface area contributed by atoms with Crippen molar-refractivity contribution in [3.05, 3.63) is 35.9 Å². The molecule has 20 heavy (non-hydrogen) atoms. The number of benzene rings is 1. The zero-order valence-corrected chi connectivity index (χ0v) is 13.1. The molecule has 112 valence electrons. The van der Waals surface area contributed by atoms with Gasteiger partial charge in [-0.25, -0.2) is 0 Å². The van der Waals surface area contributed by atoms with Crippen LogP contribution in [0.2, 0.25) is 0 Å². The van der Waals surface area contributed by atoms with Crippen molar-refractivity contribution >= 4 is 5.91 Å². The van der Waals surface area contributed by atoms with Crippen molar-refractivity contribution in [1.29, 1.82) is 0 Å². The minimum absolute atomic E-state index is 0.0794. The molecule has 3 nitrogen and oxygen atoms in total. The zero-order chi connectivity index (χ0) is 15.0. The number of hydrogen-bond acceptors (Lipinski definition) is 2. The fourth-order valence-corrected chi connectivity index (χ4v) is 2.16. The molecule has 0 bridgehead atoms. The van der Waals surface area contributed by atoms with Gasteiger partial charge in [0.1, 0.15) is 0 Å². The van der Waals surface area contributed by atoms with E-state index in [0.717, 1.165) is 19.4 Å². The lowest BCUT2D eigenvalue weighted by Gasteiger charge is -2.23. The molecule has 3 heteroatoms. The van der Waals surface area contributed by atoms with Crippen molar-refractivity contribution in [1.82, 2.24) is 10.6 Å². The molecule has 1 aromatic rings. The van der Waals surface area contributed by atoms with E-state index in [4.69, 9.17) is 0 Å². The molecule has 0 saturated heterocycles. The molecule has 0 aromatic heterocycles. The highest BCUT2D eigenvalue weighted by molar-refractivity contribution is 5.81. The Labute approximate surface area is 123 Å². The van der Waals surface area contributed by atoms with Gasteiger partial charge in [-0.15, -0.1) is 0 Å². The molecule has 0 heterocycles. The summed E-state index contributed by atoms with van der Waals surface area (Å²) in [5.41, 5.74) is 1.25. The number of amides is 1. The van der Waals surface area contributed by atoms with Crippen LogP contribution in [0.4, 0.5) is 0 Å². The molecule has 2 atom stereocenters. The van der Waals surface area contributed by atoms with Gasteiger partial charge in [-0.1, -0.05) is 57.5 Å². The minimum Gasteiger partial charge on any atom is -0.354 e. The predicted octanol–water partition coefficient (Wildman–Crippen LogP) is 3.28. The molecule has 1 aromatic carbocycles. The summed E-state index contributed by atoms with van der Waals surface area (Å²) in [5, 5.41) is 6.43. The molecule has 0 saturated carbocycles. The van der Waals surface area contributed by atoms with E-state index in [9.17, 15) is 4.79 Å². The second kappa shape index (κ2) is 8.75. The summed E-state index contributed by atoms with van der Waals surface area (Å²) < 4.78 is 0. The van der Waals surface area contributed by atoms with Gasteiger partial charge in [-0.2, -0.15) is 0 Å². The van der Waals surface area contributed by atoms with Gasteiger partial charge in [-0.3, -0.25) is 10.1 Å². The summed E-state index contributed by atoms with van der Waals surface area (Å²) >= 11 is 0. The van der Waals surface area contributed by atoms with Crippen LogP contribution in [0, 0.1) is 5.92 Å². The largest absolute Gasteiger partial charge is 0.354 e. The molecular weight excluding hydrogens is 248 g/mol. The van der Waals surface area contributed by atoms with Crippen LogP contribution in [0.1, 0.15) is 52.1 Å². The summed E-state index contributed by atoms with van der Waals surface area (Å²) in [6, 6.07) is 10.4. The van der Waals surface area contributed by atoms with Gasteiger partial charge in [0, 0.05) is 12.6 Å². The number of nitrogens with one attached hydrogen (secondary N) is 2. The van der Waals surface area contributed by atoms with Crippen LogP contribution in [-0.2, 0) is 4.79 Å². The lowest BCUT2D eigenvalue weighted by Crippen LogP contribution is -2.44. The van der Waals surface area contributed by atoms with Crippen molar-refractivity contribution in [2.75, 3.05) is 6.54 Å². The summed E-state index contributed by atoms with van der Waals surface area (Å²) in [5.74, 6) is 0.558. The first-order valence-electron chi connectivity index (χ1n) is 7.63. The maximum absolute atomic E-state index is 12.0. The van der Waals surface area contributed by atoms with E-state index in [1.807, 2.05) is 25.1 Å². The van der Waals surface area contributed by atoms with Crippen LogP contribution >= 0.6 is 0 Å². The highest BCUT2D eigenvalue weighted by Gasteiger charge is 2.18. The third kappa shape index (κ3) is 5.74. The molecule has 0 spiro atoms. The second-order valence-corrected chi connectivity index (χ2v) is 5.78. The topological polar surface area (TPSA) is 41.1 Å². The summed E-state index contributed by atoms with van der Waals surface area (Å²) in [4.78, 5) is 12.0. The Kier molecular flexibility index (Phi) is 7.31. The van der Waals surface area contributed by atoms with E-state index in [-0.39, 0.29) is 18.0 Å². The SMILES string of the molecule is CCCC(NC(C)C(=O)NCC(C)C)c1ccccc1. The fourth-order valence-electron chi connectivity index (χ4n) is 2.16. The number of rotatable bonds is 8. The standard InChI is InChI=1S/C17H28N2O/c1-5-9-16(15-10-7-6-8-11-15)19-14(4)17(20)18-12-13(2)3/h6-8,10-11,13-14,16,19H,5,9,12H2,1-4H3,(H,18,20). The minimum atomic E-state index is -0.175. The first-order chi connectivity index (χ1) is 9.54. The number of hydrogen-bond donors (Lipinski definition) is 2. The van der Waals surface area contributed by atoms with Crippen LogP contribution in [0.5, 0.6) is 0 Å². The van der Waals surface area contributed by atoms with Crippen molar-refractivity contribution < 1.29 is 4.79 Å². The maximum atomic E-state index is 12.0. The molecule has 1 rings (SSSR count). The Hall–Kier alpha value is -1.35. The van der Waals surface area contributed by atoms with Crippen LogP contribution in [-0.4, -0.2) is 18.5 Å². The third-order valence-electron chi connectivity index (χ3n) is 3.31. The lowest BCUT2D eigenvalue weighted by molar-refractivity contribution is -0.123. The van der Waals surface area contributed by atoms with Gasteiger partial charge in [0.25, 0.3) is 0 Å². The van der Waals surface area contributed by atoms with E-state index < -0.39 is 0 Å². The van der Waals surface area contributed by atoms with Crippen LogP contribution in [0.3, 0.4) is 0 Å². The third-order valence-corrected chi connectivity index (χ3v) is 3.31. The highest BCUT2D eigenvalue weighted by atomic mass is 16.2. The molecular formula is C17H28N2O. The van der Waals surface area contributed by atoms with Gasteiger partial charge in [-0.05, 0) is 24.8 Å². The van der Waals surface area contributed by atoms with Crippen LogP contribution in [0.25, 0.3) is 0 Å². The van der Waals surface area contributed by atoms with Crippen molar-refractivity contribution in [2.24, 2.45) is 5.92 Å². The van der Waals surface area contributed by atoms with E-state index >= 15 is 0 Å². The van der Waals surface area contributed by atoms with Gasteiger partial charge in [0.05, 0.1) is 6.04 Å². The fraction of sp³-hybridized carbons (Fsp3) is 0.588. The average Bonchev–Trinajstić information content (AvgIpc) is 2.45. The number of carbonyl (C=O) groups is 1. The Morgan fingerprint density at radius 2 is 1.80 bits per heavy atom.